The van der Waals surface area contributed by atoms with E-state index in [1.165, 1.54) is 23.9 Å². The van der Waals surface area contributed by atoms with Gasteiger partial charge in [-0.15, -0.1) is 5.10 Å². The van der Waals surface area contributed by atoms with Crippen LogP contribution in [0.5, 0.6) is 5.75 Å². The van der Waals surface area contributed by atoms with Gasteiger partial charge in [-0.25, -0.2) is 4.68 Å². The monoisotopic (exact) mass is 493 g/mol. The number of non-ortho nitro benzene ring substituents is 1. The number of carbonyl (C=O) groups is 1. The summed E-state index contributed by atoms with van der Waals surface area (Å²) in [6, 6.07) is 18.4. The van der Waals surface area contributed by atoms with E-state index in [9.17, 15) is 14.9 Å². The summed E-state index contributed by atoms with van der Waals surface area (Å²) in [5, 5.41) is 22.0. The Bertz CT molecular complexity index is 1300. The Hall–Kier alpha value is -4.05. The molecule has 10 heteroatoms. The van der Waals surface area contributed by atoms with Crippen LogP contribution in [-0.4, -0.2) is 32.9 Å². The number of anilines is 1. The summed E-state index contributed by atoms with van der Waals surface area (Å²) in [7, 11) is 1.54. The van der Waals surface area contributed by atoms with E-state index in [2.05, 4.69) is 31.6 Å². The lowest BCUT2D eigenvalue weighted by Gasteiger charge is -2.08. The second-order valence-electron chi connectivity index (χ2n) is 6.74. The molecule has 160 valence electrons. The van der Waals surface area contributed by atoms with Crippen molar-refractivity contribution in [3.63, 3.8) is 0 Å². The molecule has 0 spiro atoms. The number of hydrogen-bond acceptors (Lipinski definition) is 6. The second kappa shape index (κ2) is 8.98. The van der Waals surface area contributed by atoms with Crippen molar-refractivity contribution < 1.29 is 14.5 Å². The molecule has 0 saturated carbocycles. The van der Waals surface area contributed by atoms with Crippen LogP contribution in [0.15, 0.2) is 77.4 Å². The number of nitrogens with one attached hydrogen (secondary N) is 1. The van der Waals surface area contributed by atoms with Crippen LogP contribution in [0.4, 0.5) is 11.4 Å². The van der Waals surface area contributed by atoms with Gasteiger partial charge in [-0.3, -0.25) is 14.9 Å². The van der Waals surface area contributed by atoms with Gasteiger partial charge in [0.25, 0.3) is 11.6 Å². The van der Waals surface area contributed by atoms with Gasteiger partial charge in [-0.2, -0.15) is 0 Å². The minimum atomic E-state index is -0.460. The average Bonchev–Trinajstić information content (AvgIpc) is 3.29. The summed E-state index contributed by atoms with van der Waals surface area (Å²) >= 11 is 3.36. The lowest BCUT2D eigenvalue weighted by Crippen LogP contribution is -2.12. The molecule has 0 saturated heterocycles. The molecule has 0 aliphatic heterocycles. The van der Waals surface area contributed by atoms with Gasteiger partial charge in [0.15, 0.2) is 0 Å². The predicted octanol–water partition coefficient (Wildman–Crippen LogP) is 4.87. The Balaban J connectivity index is 1.50. The third-order valence-electron chi connectivity index (χ3n) is 4.61. The highest BCUT2D eigenvalue weighted by Gasteiger charge is 2.12. The Kier molecular flexibility index (Phi) is 5.95. The standard InChI is InChI=1S/C22H16BrN5O4/c1-32-20-10-15(9-16(23)11-20)22(29)24-17-7-5-14(6-8-17)21-13-27(26-25-21)18-3-2-4-19(12-18)28(30)31/h2-13H,1H3,(H,24,29). The quantitative estimate of drug-likeness (QED) is 0.303. The van der Waals surface area contributed by atoms with Gasteiger partial charge in [-0.05, 0) is 36.4 Å². The van der Waals surface area contributed by atoms with E-state index in [0.717, 1.165) is 10.0 Å². The van der Waals surface area contributed by atoms with E-state index in [0.29, 0.717) is 28.4 Å². The first-order chi connectivity index (χ1) is 15.4. The number of nitro groups is 1. The number of nitro benzene ring substituents is 1. The summed E-state index contributed by atoms with van der Waals surface area (Å²) in [6.45, 7) is 0. The van der Waals surface area contributed by atoms with Gasteiger partial charge >= 0.3 is 0 Å². The van der Waals surface area contributed by atoms with Crippen molar-refractivity contribution >= 4 is 33.2 Å². The number of aromatic nitrogens is 3. The summed E-state index contributed by atoms with van der Waals surface area (Å²) < 4.78 is 7.41. The Morgan fingerprint density at radius 2 is 1.91 bits per heavy atom. The van der Waals surface area contributed by atoms with Crippen LogP contribution in [0.2, 0.25) is 0 Å². The highest BCUT2D eigenvalue weighted by Crippen LogP contribution is 2.24. The molecule has 1 aromatic heterocycles. The van der Waals surface area contributed by atoms with Crippen LogP contribution >= 0.6 is 15.9 Å². The topological polar surface area (TPSA) is 112 Å². The van der Waals surface area contributed by atoms with Crippen LogP contribution in [0.25, 0.3) is 16.9 Å². The second-order valence-corrected chi connectivity index (χ2v) is 7.65. The van der Waals surface area contributed by atoms with Crippen LogP contribution in [0.1, 0.15) is 10.4 Å². The SMILES string of the molecule is COc1cc(Br)cc(C(=O)Nc2ccc(-c3cn(-c4cccc([N+](=O)[O-])c4)nn3)cc2)c1. The molecule has 0 fully saturated rings. The first kappa shape index (κ1) is 21.2. The van der Waals surface area contributed by atoms with Crippen molar-refractivity contribution in [3.8, 4) is 22.7 Å². The molecule has 0 aliphatic rings. The van der Waals surface area contributed by atoms with Gasteiger partial charge in [-0.1, -0.05) is 39.3 Å². The molecule has 0 atom stereocenters. The van der Waals surface area contributed by atoms with Crippen LogP contribution < -0.4 is 10.1 Å². The molecule has 1 amide bonds. The van der Waals surface area contributed by atoms with Crippen molar-refractivity contribution in [2.24, 2.45) is 0 Å². The zero-order valence-corrected chi connectivity index (χ0v) is 18.3. The molecule has 3 aromatic carbocycles. The van der Waals surface area contributed by atoms with E-state index in [1.54, 1.807) is 60.8 Å². The van der Waals surface area contributed by atoms with Crippen molar-refractivity contribution in [2.75, 3.05) is 12.4 Å². The summed E-state index contributed by atoms with van der Waals surface area (Å²) in [5.74, 6) is 0.306. The number of nitrogens with zero attached hydrogens (tertiary/aromatic N) is 4. The third kappa shape index (κ3) is 4.65. The fourth-order valence-electron chi connectivity index (χ4n) is 3.01. The summed E-state index contributed by atoms with van der Waals surface area (Å²) in [5.41, 5.74) is 2.95. The maximum Gasteiger partial charge on any atom is 0.271 e. The van der Waals surface area contributed by atoms with E-state index in [1.807, 2.05) is 0 Å². The number of methoxy groups -OCH3 is 1. The largest absolute Gasteiger partial charge is 0.497 e. The van der Waals surface area contributed by atoms with Crippen LogP contribution in [0, 0.1) is 10.1 Å². The minimum absolute atomic E-state index is 0.0253. The molecule has 4 aromatic rings. The molecule has 0 bridgehead atoms. The molecule has 0 radical (unpaired) electrons. The highest BCUT2D eigenvalue weighted by molar-refractivity contribution is 9.10. The third-order valence-corrected chi connectivity index (χ3v) is 5.06. The van der Waals surface area contributed by atoms with Gasteiger partial charge in [0, 0.05) is 33.4 Å². The Morgan fingerprint density at radius 1 is 1.12 bits per heavy atom. The lowest BCUT2D eigenvalue weighted by molar-refractivity contribution is -0.384. The highest BCUT2D eigenvalue weighted by atomic mass is 79.9. The first-order valence-electron chi connectivity index (χ1n) is 9.36. The number of rotatable bonds is 6. The number of carbonyl (C=O) groups excluding carboxylic acids is 1. The number of amides is 1. The first-order valence-corrected chi connectivity index (χ1v) is 10.2. The van der Waals surface area contributed by atoms with Crippen molar-refractivity contribution in [2.45, 2.75) is 0 Å². The van der Waals surface area contributed by atoms with Gasteiger partial charge < -0.3 is 10.1 Å². The van der Waals surface area contributed by atoms with Crippen LogP contribution in [-0.2, 0) is 0 Å². The van der Waals surface area contributed by atoms with Crippen LogP contribution in [0.3, 0.4) is 0 Å². The molecule has 1 heterocycles. The Morgan fingerprint density at radius 3 is 2.62 bits per heavy atom. The van der Waals surface area contributed by atoms with Gasteiger partial charge in [0.1, 0.15) is 11.4 Å². The number of ether oxygens (including phenoxy) is 1. The predicted molar refractivity (Wildman–Crippen MR) is 122 cm³/mol. The fraction of sp³-hybridized carbons (Fsp3) is 0.0455. The zero-order chi connectivity index (χ0) is 22.7. The van der Waals surface area contributed by atoms with Gasteiger partial charge in [0.2, 0.25) is 0 Å². The molecule has 32 heavy (non-hydrogen) atoms. The van der Waals surface area contributed by atoms with Crippen molar-refractivity contribution in [1.82, 2.24) is 15.0 Å². The summed E-state index contributed by atoms with van der Waals surface area (Å²) in [4.78, 5) is 23.1. The average molecular weight is 494 g/mol. The van der Waals surface area contributed by atoms with E-state index < -0.39 is 4.92 Å². The molecule has 4 rings (SSSR count). The number of hydrogen-bond donors (Lipinski definition) is 1. The normalized spacial score (nSPS) is 10.6. The maximum atomic E-state index is 12.6. The van der Waals surface area contributed by atoms with Gasteiger partial charge in [0.05, 0.1) is 23.9 Å². The minimum Gasteiger partial charge on any atom is -0.497 e. The van der Waals surface area contributed by atoms with E-state index in [-0.39, 0.29) is 11.6 Å². The van der Waals surface area contributed by atoms with Crippen molar-refractivity contribution in [3.05, 3.63) is 93.1 Å². The van der Waals surface area contributed by atoms with E-state index in [4.69, 9.17) is 4.74 Å². The molecular weight excluding hydrogens is 478 g/mol. The number of halogens is 1. The zero-order valence-electron chi connectivity index (χ0n) is 16.7. The molecule has 0 unspecified atom stereocenters. The van der Waals surface area contributed by atoms with E-state index >= 15 is 0 Å². The Labute approximate surface area is 190 Å². The molecular formula is C22H16BrN5O4. The smallest absolute Gasteiger partial charge is 0.271 e. The van der Waals surface area contributed by atoms with Crippen molar-refractivity contribution in [1.29, 1.82) is 0 Å². The molecule has 9 nitrogen and oxygen atoms in total. The summed E-state index contributed by atoms with van der Waals surface area (Å²) in [6.07, 6.45) is 1.68. The maximum absolute atomic E-state index is 12.6. The molecule has 1 N–H and O–H groups in total. The number of benzene rings is 3. The lowest BCUT2D eigenvalue weighted by atomic mass is 10.1. The molecule has 0 aliphatic carbocycles. The fourth-order valence-corrected chi connectivity index (χ4v) is 3.48.